The van der Waals surface area contributed by atoms with Crippen molar-refractivity contribution in [1.82, 2.24) is 0 Å². The van der Waals surface area contributed by atoms with E-state index in [0.717, 1.165) is 6.42 Å². The van der Waals surface area contributed by atoms with Crippen molar-refractivity contribution in [3.8, 4) is 11.1 Å². The van der Waals surface area contributed by atoms with Gasteiger partial charge in [-0.2, -0.15) is 0 Å². The minimum absolute atomic E-state index is 0.188. The molecular weight excluding hydrogens is 296 g/mol. The molecule has 0 spiro atoms. The molecule has 0 amide bonds. The molecule has 3 aromatic rings. The Morgan fingerprint density at radius 1 is 0.870 bits per heavy atom. The van der Waals surface area contributed by atoms with E-state index in [1.165, 1.54) is 42.8 Å². The van der Waals surface area contributed by atoms with Crippen LogP contribution in [0.15, 0.2) is 58.3 Å². The summed E-state index contributed by atoms with van der Waals surface area (Å²) in [6.07, 6.45) is 1.08. The first-order chi connectivity index (χ1) is 11.0. The molecule has 0 saturated carbocycles. The first-order valence-electron chi connectivity index (χ1n) is 8.36. The lowest BCUT2D eigenvalue weighted by Crippen LogP contribution is -2.11. The van der Waals surface area contributed by atoms with Gasteiger partial charge in [0.05, 0.1) is 0 Å². The molecule has 0 nitrogen and oxygen atoms in total. The Hall–Kier alpha value is -1.73. The largest absolute Gasteiger partial charge is 0.0888 e. The van der Waals surface area contributed by atoms with E-state index < -0.39 is 0 Å². The SMILES string of the molecule is CCc1ccc2c3c(cccc13)-c1ccc(C(C)(C)C)cc1S2. The first-order valence-corrected chi connectivity index (χ1v) is 9.18. The Balaban J connectivity index is 2.01. The van der Waals surface area contributed by atoms with Crippen molar-refractivity contribution in [2.45, 2.75) is 49.3 Å². The molecule has 1 aliphatic rings. The second-order valence-electron chi connectivity index (χ2n) is 7.37. The Bertz CT molecular complexity index is 913. The van der Waals surface area contributed by atoms with Crippen LogP contribution in [0.5, 0.6) is 0 Å². The van der Waals surface area contributed by atoms with Crippen molar-refractivity contribution in [3.05, 3.63) is 59.7 Å². The van der Waals surface area contributed by atoms with Gasteiger partial charge in [0.1, 0.15) is 0 Å². The molecule has 0 N–H and O–H groups in total. The summed E-state index contributed by atoms with van der Waals surface area (Å²) in [6, 6.07) is 18.4. The van der Waals surface area contributed by atoms with E-state index >= 15 is 0 Å². The topological polar surface area (TPSA) is 0 Å². The highest BCUT2D eigenvalue weighted by Crippen LogP contribution is 2.49. The van der Waals surface area contributed by atoms with Gasteiger partial charge in [0, 0.05) is 15.2 Å². The average molecular weight is 318 g/mol. The van der Waals surface area contributed by atoms with Gasteiger partial charge in [0.15, 0.2) is 0 Å². The highest BCUT2D eigenvalue weighted by molar-refractivity contribution is 7.99. The monoisotopic (exact) mass is 318 g/mol. The van der Waals surface area contributed by atoms with Crippen LogP contribution in [0.25, 0.3) is 21.9 Å². The third kappa shape index (κ3) is 2.30. The van der Waals surface area contributed by atoms with Crippen LogP contribution in [0.2, 0.25) is 0 Å². The predicted molar refractivity (Wildman–Crippen MR) is 102 cm³/mol. The average Bonchev–Trinajstić information content (AvgIpc) is 2.54. The third-order valence-electron chi connectivity index (χ3n) is 4.83. The quantitative estimate of drug-likeness (QED) is 0.370. The Kier molecular flexibility index (Phi) is 3.32. The molecule has 23 heavy (non-hydrogen) atoms. The van der Waals surface area contributed by atoms with Gasteiger partial charge in [-0.15, -0.1) is 0 Å². The number of hydrogen-bond donors (Lipinski definition) is 0. The summed E-state index contributed by atoms with van der Waals surface area (Å²) in [5.41, 5.74) is 5.82. The van der Waals surface area contributed by atoms with Crippen LogP contribution in [0, 0.1) is 0 Å². The predicted octanol–water partition coefficient (Wildman–Crippen LogP) is 6.83. The Morgan fingerprint density at radius 2 is 1.70 bits per heavy atom. The number of hydrogen-bond acceptors (Lipinski definition) is 1. The molecule has 1 aliphatic heterocycles. The molecule has 0 bridgehead atoms. The summed E-state index contributed by atoms with van der Waals surface area (Å²) in [5.74, 6) is 0. The summed E-state index contributed by atoms with van der Waals surface area (Å²) < 4.78 is 0. The zero-order valence-corrected chi connectivity index (χ0v) is 15.1. The number of rotatable bonds is 1. The van der Waals surface area contributed by atoms with Crippen molar-refractivity contribution in [3.63, 3.8) is 0 Å². The minimum atomic E-state index is 0.188. The minimum Gasteiger partial charge on any atom is -0.0888 e. The molecule has 0 saturated heterocycles. The summed E-state index contributed by atoms with van der Waals surface area (Å²) >= 11 is 1.92. The molecular formula is C22H22S. The standard InChI is InChI=1S/C22H22S/c1-5-14-9-12-19-21-16(14)7-6-8-18(21)17-11-10-15(22(2,3)4)13-20(17)23-19/h6-13H,5H2,1-4H3. The molecule has 0 aliphatic carbocycles. The zero-order chi connectivity index (χ0) is 16.2. The van der Waals surface area contributed by atoms with E-state index in [0.29, 0.717) is 0 Å². The lowest BCUT2D eigenvalue weighted by molar-refractivity contribution is 0.589. The molecule has 3 aromatic carbocycles. The summed E-state index contributed by atoms with van der Waals surface area (Å²) in [5, 5.41) is 2.86. The van der Waals surface area contributed by atoms with Gasteiger partial charge in [0.2, 0.25) is 0 Å². The number of benzene rings is 3. The van der Waals surface area contributed by atoms with Gasteiger partial charge in [-0.1, -0.05) is 75.9 Å². The highest BCUT2D eigenvalue weighted by atomic mass is 32.2. The Labute approximate surface area is 142 Å². The van der Waals surface area contributed by atoms with Crippen LogP contribution >= 0.6 is 11.8 Å². The van der Waals surface area contributed by atoms with E-state index in [-0.39, 0.29) is 5.41 Å². The number of fused-ring (bicyclic) bond motifs is 2. The fourth-order valence-corrected chi connectivity index (χ4v) is 4.64. The molecule has 1 heteroatoms. The maximum absolute atomic E-state index is 2.38. The van der Waals surface area contributed by atoms with Crippen molar-refractivity contribution >= 4 is 22.5 Å². The molecule has 0 unspecified atom stereocenters. The maximum atomic E-state index is 2.38. The molecule has 0 fully saturated rings. The second-order valence-corrected chi connectivity index (χ2v) is 8.45. The molecule has 0 atom stereocenters. The van der Waals surface area contributed by atoms with E-state index in [1.807, 2.05) is 11.8 Å². The van der Waals surface area contributed by atoms with Crippen LogP contribution in [0.4, 0.5) is 0 Å². The second kappa shape index (κ2) is 5.14. The van der Waals surface area contributed by atoms with Gasteiger partial charge in [-0.25, -0.2) is 0 Å². The molecule has 1 heterocycles. The fraction of sp³-hybridized carbons (Fsp3) is 0.273. The van der Waals surface area contributed by atoms with Crippen molar-refractivity contribution in [2.75, 3.05) is 0 Å². The summed E-state index contributed by atoms with van der Waals surface area (Å²) in [7, 11) is 0. The molecule has 4 rings (SSSR count). The van der Waals surface area contributed by atoms with E-state index in [4.69, 9.17) is 0 Å². The van der Waals surface area contributed by atoms with Gasteiger partial charge < -0.3 is 0 Å². The van der Waals surface area contributed by atoms with Crippen LogP contribution in [0.1, 0.15) is 38.8 Å². The van der Waals surface area contributed by atoms with Crippen molar-refractivity contribution < 1.29 is 0 Å². The lowest BCUT2D eigenvalue weighted by atomic mass is 9.85. The van der Waals surface area contributed by atoms with Crippen molar-refractivity contribution in [2.24, 2.45) is 0 Å². The van der Waals surface area contributed by atoms with Crippen LogP contribution < -0.4 is 0 Å². The number of aryl methyl sites for hydroxylation is 1. The summed E-state index contributed by atoms with van der Waals surface area (Å²) in [4.78, 5) is 2.79. The zero-order valence-electron chi connectivity index (χ0n) is 14.2. The Morgan fingerprint density at radius 3 is 2.43 bits per heavy atom. The van der Waals surface area contributed by atoms with Crippen molar-refractivity contribution in [1.29, 1.82) is 0 Å². The van der Waals surface area contributed by atoms with E-state index in [9.17, 15) is 0 Å². The highest BCUT2D eigenvalue weighted by Gasteiger charge is 2.22. The van der Waals surface area contributed by atoms with E-state index in [2.05, 4.69) is 76.2 Å². The van der Waals surface area contributed by atoms with Crippen LogP contribution in [0.3, 0.4) is 0 Å². The van der Waals surface area contributed by atoms with Crippen LogP contribution in [-0.2, 0) is 11.8 Å². The fourth-order valence-electron chi connectivity index (χ4n) is 3.47. The van der Waals surface area contributed by atoms with Gasteiger partial charge in [-0.3, -0.25) is 0 Å². The van der Waals surface area contributed by atoms with Gasteiger partial charge in [-0.05, 0) is 51.6 Å². The van der Waals surface area contributed by atoms with Crippen LogP contribution in [-0.4, -0.2) is 0 Å². The summed E-state index contributed by atoms with van der Waals surface area (Å²) in [6.45, 7) is 9.09. The molecule has 0 radical (unpaired) electrons. The smallest absolute Gasteiger partial charge is 0.0207 e. The third-order valence-corrected chi connectivity index (χ3v) is 5.95. The molecule has 116 valence electrons. The first kappa shape index (κ1) is 14.8. The van der Waals surface area contributed by atoms with Gasteiger partial charge in [0.25, 0.3) is 0 Å². The lowest BCUT2D eigenvalue weighted by Gasteiger charge is -2.25. The van der Waals surface area contributed by atoms with Gasteiger partial charge >= 0.3 is 0 Å². The molecule has 0 aromatic heterocycles. The maximum Gasteiger partial charge on any atom is 0.0207 e. The van der Waals surface area contributed by atoms with E-state index in [1.54, 1.807) is 0 Å². The normalized spacial score (nSPS) is 13.2.